The molecule has 0 amide bonds. The highest BCUT2D eigenvalue weighted by molar-refractivity contribution is 9.10. The molecular weight excluding hydrogens is 260 g/mol. The molecule has 15 heavy (non-hydrogen) atoms. The van der Waals surface area contributed by atoms with Crippen molar-refractivity contribution in [2.75, 3.05) is 7.11 Å². The fourth-order valence-electron chi connectivity index (χ4n) is 1.39. The van der Waals surface area contributed by atoms with Crippen LogP contribution in [0, 0.1) is 0 Å². The van der Waals surface area contributed by atoms with Crippen LogP contribution in [0.1, 0.15) is 5.69 Å². The number of ether oxygens (including phenoxy) is 1. The van der Waals surface area contributed by atoms with E-state index in [1.54, 1.807) is 19.4 Å². The van der Waals surface area contributed by atoms with E-state index in [-0.39, 0.29) is 5.69 Å². The molecule has 2 aromatic heterocycles. The summed E-state index contributed by atoms with van der Waals surface area (Å²) in [5.74, 6) is 0. The molecule has 0 radical (unpaired) electrons. The summed E-state index contributed by atoms with van der Waals surface area (Å²) in [5.41, 5.74) is 1.14. The molecule has 78 valence electrons. The molecule has 5 heteroatoms. The minimum atomic E-state index is -0.291. The van der Waals surface area contributed by atoms with Crippen LogP contribution < -0.4 is 5.69 Å². The maximum Gasteiger partial charge on any atom is 0.352 e. The Morgan fingerprint density at radius 3 is 3.13 bits per heavy atom. The standard InChI is InChI=1S/C10H9BrN2O2/c1-15-6-7-5-9-8(11)3-2-4-13(9)10(14)12-7/h2-5H,6H2,1H3. The third-order valence-corrected chi connectivity index (χ3v) is 2.69. The second-order valence-corrected chi connectivity index (χ2v) is 3.93. The van der Waals surface area contributed by atoms with Crippen molar-refractivity contribution in [2.24, 2.45) is 0 Å². The molecule has 0 saturated heterocycles. The first kappa shape index (κ1) is 10.3. The summed E-state index contributed by atoms with van der Waals surface area (Å²) in [4.78, 5) is 15.5. The molecule has 4 nitrogen and oxygen atoms in total. The van der Waals surface area contributed by atoms with Gasteiger partial charge in [-0.25, -0.2) is 4.79 Å². The van der Waals surface area contributed by atoms with Crippen LogP contribution in [0.5, 0.6) is 0 Å². The molecule has 2 rings (SSSR count). The van der Waals surface area contributed by atoms with Crippen LogP contribution in [0.25, 0.3) is 5.52 Å². The van der Waals surface area contributed by atoms with Crippen LogP contribution in [0.4, 0.5) is 0 Å². The second-order valence-electron chi connectivity index (χ2n) is 3.07. The van der Waals surface area contributed by atoms with Crippen molar-refractivity contribution in [3.8, 4) is 0 Å². The van der Waals surface area contributed by atoms with Gasteiger partial charge in [0, 0.05) is 17.8 Å². The highest BCUT2D eigenvalue weighted by Crippen LogP contribution is 2.16. The van der Waals surface area contributed by atoms with Gasteiger partial charge in [0.1, 0.15) is 0 Å². The van der Waals surface area contributed by atoms with Gasteiger partial charge in [0.15, 0.2) is 0 Å². The lowest BCUT2D eigenvalue weighted by molar-refractivity contribution is 0.181. The molecule has 0 fully saturated rings. The van der Waals surface area contributed by atoms with E-state index < -0.39 is 0 Å². The molecule has 0 atom stereocenters. The number of fused-ring (bicyclic) bond motifs is 1. The summed E-state index contributed by atoms with van der Waals surface area (Å²) in [6.45, 7) is 0.340. The number of aromatic nitrogens is 2. The van der Waals surface area contributed by atoms with Crippen molar-refractivity contribution in [1.82, 2.24) is 9.38 Å². The average molecular weight is 269 g/mol. The minimum Gasteiger partial charge on any atom is -0.378 e. The Kier molecular flexibility index (Phi) is 2.83. The van der Waals surface area contributed by atoms with Crippen molar-refractivity contribution in [3.63, 3.8) is 0 Å². The van der Waals surface area contributed by atoms with Crippen molar-refractivity contribution < 1.29 is 4.74 Å². The van der Waals surface area contributed by atoms with Crippen LogP contribution >= 0.6 is 15.9 Å². The zero-order valence-electron chi connectivity index (χ0n) is 8.11. The van der Waals surface area contributed by atoms with Gasteiger partial charge in [0.25, 0.3) is 0 Å². The van der Waals surface area contributed by atoms with Crippen molar-refractivity contribution in [1.29, 1.82) is 0 Å². The molecule has 0 aliphatic rings. The lowest BCUT2D eigenvalue weighted by Crippen LogP contribution is -2.18. The summed E-state index contributed by atoms with van der Waals surface area (Å²) in [5, 5.41) is 0. The predicted molar refractivity (Wildman–Crippen MR) is 59.9 cm³/mol. The van der Waals surface area contributed by atoms with Crippen molar-refractivity contribution >= 4 is 21.4 Å². The van der Waals surface area contributed by atoms with Gasteiger partial charge in [0.05, 0.1) is 17.8 Å². The zero-order chi connectivity index (χ0) is 10.8. The summed E-state index contributed by atoms with van der Waals surface area (Å²) in [7, 11) is 1.57. The first-order valence-corrected chi connectivity index (χ1v) is 5.17. The van der Waals surface area contributed by atoms with Gasteiger partial charge >= 0.3 is 5.69 Å². The quantitative estimate of drug-likeness (QED) is 0.831. The molecule has 0 aromatic carbocycles. The van der Waals surface area contributed by atoms with E-state index in [4.69, 9.17) is 4.74 Å². The highest BCUT2D eigenvalue weighted by atomic mass is 79.9. The minimum absolute atomic E-state index is 0.291. The van der Waals surface area contributed by atoms with Crippen LogP contribution in [0.3, 0.4) is 0 Å². The first-order valence-electron chi connectivity index (χ1n) is 4.38. The fraction of sp³-hybridized carbons (Fsp3) is 0.200. The number of nitrogens with zero attached hydrogens (tertiary/aromatic N) is 2. The zero-order valence-corrected chi connectivity index (χ0v) is 9.69. The number of pyridine rings is 1. The maximum absolute atomic E-state index is 11.6. The van der Waals surface area contributed by atoms with E-state index in [1.165, 1.54) is 4.40 Å². The third-order valence-electron chi connectivity index (χ3n) is 2.02. The van der Waals surface area contributed by atoms with Gasteiger partial charge in [-0.2, -0.15) is 4.98 Å². The Balaban J connectivity index is 2.74. The number of methoxy groups -OCH3 is 1. The van der Waals surface area contributed by atoms with E-state index in [9.17, 15) is 4.79 Å². The fourth-order valence-corrected chi connectivity index (χ4v) is 1.85. The molecule has 2 heterocycles. The van der Waals surface area contributed by atoms with Crippen LogP contribution in [0.2, 0.25) is 0 Å². The van der Waals surface area contributed by atoms with Gasteiger partial charge in [-0.05, 0) is 34.1 Å². The Hall–Kier alpha value is -1.20. The predicted octanol–water partition coefficient (Wildman–Crippen LogP) is 1.60. The maximum atomic E-state index is 11.6. The molecule has 0 bridgehead atoms. The molecule has 2 aromatic rings. The van der Waals surface area contributed by atoms with Crippen LogP contribution in [-0.2, 0) is 11.3 Å². The van der Waals surface area contributed by atoms with E-state index in [1.807, 2.05) is 12.1 Å². The largest absolute Gasteiger partial charge is 0.378 e. The smallest absolute Gasteiger partial charge is 0.352 e. The molecule has 0 unspecified atom stereocenters. The van der Waals surface area contributed by atoms with Crippen LogP contribution in [0.15, 0.2) is 33.7 Å². The van der Waals surface area contributed by atoms with Gasteiger partial charge in [0.2, 0.25) is 0 Å². The van der Waals surface area contributed by atoms with Crippen molar-refractivity contribution in [3.05, 3.63) is 45.0 Å². The second kappa shape index (κ2) is 4.12. The number of halogens is 1. The Morgan fingerprint density at radius 2 is 2.40 bits per heavy atom. The Labute approximate surface area is 94.7 Å². The Bertz CT molecular complexity index is 551. The summed E-state index contributed by atoms with van der Waals surface area (Å²) >= 11 is 3.39. The van der Waals surface area contributed by atoms with E-state index >= 15 is 0 Å². The molecule has 0 N–H and O–H groups in total. The summed E-state index contributed by atoms with van der Waals surface area (Å²) in [6.07, 6.45) is 1.69. The first-order chi connectivity index (χ1) is 7.22. The third kappa shape index (κ3) is 1.93. The number of hydrogen-bond donors (Lipinski definition) is 0. The summed E-state index contributed by atoms with van der Waals surface area (Å²) in [6, 6.07) is 5.50. The van der Waals surface area contributed by atoms with Gasteiger partial charge in [-0.1, -0.05) is 0 Å². The SMILES string of the molecule is COCc1cc2c(Br)cccn2c(=O)n1. The van der Waals surface area contributed by atoms with Gasteiger partial charge in [-0.3, -0.25) is 4.40 Å². The number of rotatable bonds is 2. The van der Waals surface area contributed by atoms with E-state index in [0.29, 0.717) is 12.3 Å². The van der Waals surface area contributed by atoms with Crippen LogP contribution in [-0.4, -0.2) is 16.5 Å². The lowest BCUT2D eigenvalue weighted by Gasteiger charge is -2.04. The highest BCUT2D eigenvalue weighted by Gasteiger charge is 2.03. The summed E-state index contributed by atoms with van der Waals surface area (Å²) < 4.78 is 7.30. The molecule has 0 aliphatic heterocycles. The van der Waals surface area contributed by atoms with Crippen molar-refractivity contribution in [2.45, 2.75) is 6.61 Å². The molecule has 0 aliphatic carbocycles. The molecule has 0 saturated carbocycles. The van der Waals surface area contributed by atoms with Gasteiger partial charge < -0.3 is 4.74 Å². The molecule has 0 spiro atoms. The topological polar surface area (TPSA) is 43.6 Å². The van der Waals surface area contributed by atoms with E-state index in [0.717, 1.165) is 9.99 Å². The lowest BCUT2D eigenvalue weighted by atomic mass is 10.3. The average Bonchev–Trinajstić information content (AvgIpc) is 2.20. The normalized spacial score (nSPS) is 10.8. The monoisotopic (exact) mass is 268 g/mol. The molecular formula is C10H9BrN2O2. The van der Waals surface area contributed by atoms with Gasteiger partial charge in [-0.15, -0.1) is 0 Å². The number of hydrogen-bond acceptors (Lipinski definition) is 3. The Morgan fingerprint density at radius 1 is 1.60 bits per heavy atom. The van der Waals surface area contributed by atoms with E-state index in [2.05, 4.69) is 20.9 Å².